The molecule has 0 amide bonds. The zero-order valence-electron chi connectivity index (χ0n) is 15.7. The molecule has 1 N–H and O–H groups in total. The molecule has 0 aliphatic heterocycles. The zero-order valence-corrected chi connectivity index (χ0v) is 16.5. The van der Waals surface area contributed by atoms with E-state index >= 15 is 0 Å². The first-order valence-electron chi connectivity index (χ1n) is 8.80. The van der Waals surface area contributed by atoms with Crippen LogP contribution in [-0.4, -0.2) is 24.6 Å². The Morgan fingerprint density at radius 1 is 1.03 bits per heavy atom. The SMILES string of the molecule is CC.Fc1c(Nc2nc(-c3cccc(C(F)(F)F)n3)nn3cccc23)ccnc1Cl. The van der Waals surface area contributed by atoms with Crippen LogP contribution in [0.15, 0.2) is 48.8 Å². The first kappa shape index (κ1) is 21.4. The van der Waals surface area contributed by atoms with Gasteiger partial charge in [-0.3, -0.25) is 0 Å². The van der Waals surface area contributed by atoms with Crippen LogP contribution in [0.4, 0.5) is 29.1 Å². The predicted octanol–water partition coefficient (Wildman–Crippen LogP) is 5.77. The van der Waals surface area contributed by atoms with Gasteiger partial charge in [0.05, 0.1) is 5.69 Å². The Hall–Kier alpha value is -3.27. The van der Waals surface area contributed by atoms with Gasteiger partial charge in [0.25, 0.3) is 0 Å². The summed E-state index contributed by atoms with van der Waals surface area (Å²) in [5.74, 6) is -0.695. The second-order valence-electron chi connectivity index (χ2n) is 5.62. The highest BCUT2D eigenvalue weighted by Gasteiger charge is 2.32. The lowest BCUT2D eigenvalue weighted by atomic mass is 10.3. The van der Waals surface area contributed by atoms with Gasteiger partial charge >= 0.3 is 6.18 Å². The van der Waals surface area contributed by atoms with Gasteiger partial charge in [0, 0.05) is 12.4 Å². The zero-order chi connectivity index (χ0) is 21.9. The molecular weight excluding hydrogens is 424 g/mol. The maximum atomic E-state index is 14.2. The molecule has 4 rings (SSSR count). The van der Waals surface area contributed by atoms with Crippen molar-refractivity contribution in [1.29, 1.82) is 0 Å². The Labute approximate surface area is 173 Å². The molecule has 0 aromatic carbocycles. The van der Waals surface area contributed by atoms with Gasteiger partial charge in [0.15, 0.2) is 16.8 Å². The molecule has 0 saturated carbocycles. The van der Waals surface area contributed by atoms with Gasteiger partial charge in [-0.25, -0.2) is 23.9 Å². The number of hydrogen-bond donors (Lipinski definition) is 1. The molecule has 0 spiro atoms. The molecule has 11 heteroatoms. The van der Waals surface area contributed by atoms with Gasteiger partial charge < -0.3 is 5.32 Å². The molecule has 4 aromatic heterocycles. The van der Waals surface area contributed by atoms with Gasteiger partial charge in [-0.15, -0.1) is 5.10 Å². The number of nitrogens with one attached hydrogen (secondary N) is 1. The maximum Gasteiger partial charge on any atom is 0.433 e. The summed E-state index contributed by atoms with van der Waals surface area (Å²) in [6.07, 6.45) is -1.72. The molecule has 4 aromatic rings. The number of pyridine rings is 2. The van der Waals surface area contributed by atoms with E-state index in [1.807, 2.05) is 13.8 Å². The van der Waals surface area contributed by atoms with E-state index < -0.39 is 17.7 Å². The molecule has 0 saturated heterocycles. The average Bonchev–Trinajstić information content (AvgIpc) is 3.21. The second-order valence-corrected chi connectivity index (χ2v) is 5.97. The lowest BCUT2D eigenvalue weighted by Crippen LogP contribution is -2.10. The van der Waals surface area contributed by atoms with E-state index in [0.29, 0.717) is 5.52 Å². The van der Waals surface area contributed by atoms with Crippen molar-refractivity contribution in [3.8, 4) is 11.5 Å². The number of rotatable bonds is 3. The standard InChI is InChI=1S/C17H9ClF4N6.C2H6/c18-14-13(19)9(6-7-23-14)25-16-11-4-2-8-28(11)27-15(26-16)10-3-1-5-12(24-10)17(20,21)22;1-2/h1-8H,(H,23,25,26,27);1-2H3. The quantitative estimate of drug-likeness (QED) is 0.325. The summed E-state index contributed by atoms with van der Waals surface area (Å²) in [5.41, 5.74) is -0.669. The molecule has 0 fully saturated rings. The molecule has 6 nitrogen and oxygen atoms in total. The fourth-order valence-electron chi connectivity index (χ4n) is 2.49. The van der Waals surface area contributed by atoms with E-state index in [9.17, 15) is 17.6 Å². The Bertz CT molecular complexity index is 1180. The number of fused-ring (bicyclic) bond motifs is 1. The molecule has 0 unspecified atom stereocenters. The molecule has 0 aliphatic carbocycles. The fourth-order valence-corrected chi connectivity index (χ4v) is 2.65. The second kappa shape index (κ2) is 8.62. The largest absolute Gasteiger partial charge is 0.433 e. The van der Waals surface area contributed by atoms with Crippen molar-refractivity contribution in [3.63, 3.8) is 0 Å². The Morgan fingerprint density at radius 2 is 1.80 bits per heavy atom. The van der Waals surface area contributed by atoms with E-state index in [-0.39, 0.29) is 28.2 Å². The Balaban J connectivity index is 0.00000124. The summed E-state index contributed by atoms with van der Waals surface area (Å²) in [6.45, 7) is 4.00. The summed E-state index contributed by atoms with van der Waals surface area (Å²) in [5, 5.41) is 6.62. The summed E-state index contributed by atoms with van der Waals surface area (Å²) in [7, 11) is 0. The van der Waals surface area contributed by atoms with E-state index in [1.165, 1.54) is 28.9 Å². The molecule has 0 aliphatic rings. The first-order chi connectivity index (χ1) is 14.3. The van der Waals surface area contributed by atoms with Gasteiger partial charge in [-0.2, -0.15) is 13.2 Å². The molecule has 0 radical (unpaired) electrons. The number of nitrogens with zero attached hydrogens (tertiary/aromatic N) is 5. The minimum absolute atomic E-state index is 0.00440. The smallest absolute Gasteiger partial charge is 0.336 e. The highest BCUT2D eigenvalue weighted by molar-refractivity contribution is 6.29. The first-order valence-corrected chi connectivity index (χ1v) is 9.18. The predicted molar refractivity (Wildman–Crippen MR) is 105 cm³/mol. The lowest BCUT2D eigenvalue weighted by molar-refractivity contribution is -0.141. The third kappa shape index (κ3) is 4.33. The minimum atomic E-state index is -4.61. The van der Waals surface area contributed by atoms with Crippen LogP contribution in [0.25, 0.3) is 17.0 Å². The summed E-state index contributed by atoms with van der Waals surface area (Å²) < 4.78 is 54.4. The highest BCUT2D eigenvalue weighted by Crippen LogP contribution is 2.30. The summed E-state index contributed by atoms with van der Waals surface area (Å²) in [4.78, 5) is 11.4. The summed E-state index contributed by atoms with van der Waals surface area (Å²) in [6, 6.07) is 8.09. The third-order valence-corrected chi connectivity index (χ3v) is 4.02. The molecule has 30 heavy (non-hydrogen) atoms. The minimum Gasteiger partial charge on any atom is -0.336 e. The van der Waals surface area contributed by atoms with Crippen LogP contribution in [0.3, 0.4) is 0 Å². The van der Waals surface area contributed by atoms with Crippen LogP contribution in [0, 0.1) is 5.82 Å². The Kier molecular flexibility index (Phi) is 6.16. The van der Waals surface area contributed by atoms with Crippen LogP contribution >= 0.6 is 11.6 Å². The van der Waals surface area contributed by atoms with Crippen LogP contribution in [-0.2, 0) is 6.18 Å². The van der Waals surface area contributed by atoms with Crippen molar-refractivity contribution >= 4 is 28.6 Å². The van der Waals surface area contributed by atoms with Crippen molar-refractivity contribution in [2.24, 2.45) is 0 Å². The molecule has 0 atom stereocenters. The van der Waals surface area contributed by atoms with Gasteiger partial charge in [0.2, 0.25) is 5.82 Å². The molecule has 4 heterocycles. The van der Waals surface area contributed by atoms with Crippen molar-refractivity contribution in [3.05, 3.63) is 65.5 Å². The average molecular weight is 439 g/mol. The summed E-state index contributed by atoms with van der Waals surface area (Å²) >= 11 is 5.68. The van der Waals surface area contributed by atoms with Gasteiger partial charge in [-0.1, -0.05) is 31.5 Å². The number of aromatic nitrogens is 5. The van der Waals surface area contributed by atoms with Gasteiger partial charge in [-0.05, 0) is 30.3 Å². The monoisotopic (exact) mass is 438 g/mol. The van der Waals surface area contributed by atoms with Crippen molar-refractivity contribution in [2.45, 2.75) is 20.0 Å². The van der Waals surface area contributed by atoms with Crippen molar-refractivity contribution < 1.29 is 17.6 Å². The van der Waals surface area contributed by atoms with E-state index in [2.05, 4.69) is 25.4 Å². The normalized spacial score (nSPS) is 11.2. The maximum absolute atomic E-state index is 14.2. The molecule has 0 bridgehead atoms. The number of alkyl halides is 3. The van der Waals surface area contributed by atoms with E-state index in [1.54, 1.807) is 18.3 Å². The van der Waals surface area contributed by atoms with Gasteiger partial charge in [0.1, 0.15) is 16.9 Å². The van der Waals surface area contributed by atoms with Crippen LogP contribution in [0.2, 0.25) is 5.15 Å². The van der Waals surface area contributed by atoms with E-state index in [0.717, 1.165) is 6.07 Å². The molecule has 156 valence electrons. The number of hydrogen-bond acceptors (Lipinski definition) is 5. The number of anilines is 2. The fraction of sp³-hybridized carbons (Fsp3) is 0.158. The topological polar surface area (TPSA) is 68.0 Å². The number of halogens is 5. The van der Waals surface area contributed by atoms with Crippen LogP contribution in [0.5, 0.6) is 0 Å². The Morgan fingerprint density at radius 3 is 2.53 bits per heavy atom. The highest BCUT2D eigenvalue weighted by atomic mass is 35.5. The van der Waals surface area contributed by atoms with Crippen LogP contribution < -0.4 is 5.32 Å². The van der Waals surface area contributed by atoms with E-state index in [4.69, 9.17) is 11.6 Å². The molecular formula is C19H15ClF4N6. The third-order valence-electron chi connectivity index (χ3n) is 3.76. The lowest BCUT2D eigenvalue weighted by Gasteiger charge is -2.11. The van der Waals surface area contributed by atoms with Crippen molar-refractivity contribution in [1.82, 2.24) is 24.6 Å². The van der Waals surface area contributed by atoms with Crippen LogP contribution in [0.1, 0.15) is 19.5 Å². The van der Waals surface area contributed by atoms with Crippen molar-refractivity contribution in [2.75, 3.05) is 5.32 Å².